The fourth-order valence-electron chi connectivity index (χ4n) is 2.56. The van der Waals surface area contributed by atoms with Crippen LogP contribution in [0.1, 0.15) is 19.4 Å². The lowest BCUT2D eigenvalue weighted by Gasteiger charge is -2.27. The number of rotatable bonds is 5. The Balaban J connectivity index is 1.71. The normalized spacial score (nSPS) is 13.8. The predicted octanol–water partition coefficient (Wildman–Crippen LogP) is 3.32. The smallest absolute Gasteiger partial charge is 0.292 e. The van der Waals surface area contributed by atoms with Crippen LogP contribution in [0.3, 0.4) is 0 Å². The highest BCUT2D eigenvalue weighted by Crippen LogP contribution is 2.28. The molecule has 2 amide bonds. The molecule has 2 aromatic rings. The monoisotopic (exact) mass is 400 g/mol. The molecule has 0 saturated carbocycles. The van der Waals surface area contributed by atoms with Gasteiger partial charge in [0.25, 0.3) is 11.8 Å². The van der Waals surface area contributed by atoms with Crippen LogP contribution >= 0.6 is 11.6 Å². The SMILES string of the molecule is Cc1ccc(N2NC(C(=O)Nc3ccc(OC(C)C)c(Cl)c3)=NCC2=O)cc1. The molecule has 28 heavy (non-hydrogen) atoms. The van der Waals surface area contributed by atoms with Crippen molar-refractivity contribution >= 4 is 40.6 Å². The Morgan fingerprint density at radius 1 is 1.25 bits per heavy atom. The Kier molecular flexibility index (Phi) is 5.84. The predicted molar refractivity (Wildman–Crippen MR) is 110 cm³/mol. The molecule has 3 rings (SSSR count). The first kappa shape index (κ1) is 19.7. The molecule has 1 aliphatic rings. The van der Waals surface area contributed by atoms with E-state index < -0.39 is 5.91 Å². The molecule has 2 N–H and O–H groups in total. The van der Waals surface area contributed by atoms with Gasteiger partial charge in [0.1, 0.15) is 12.3 Å². The molecule has 8 heteroatoms. The van der Waals surface area contributed by atoms with Gasteiger partial charge in [0.15, 0.2) is 0 Å². The van der Waals surface area contributed by atoms with E-state index in [4.69, 9.17) is 16.3 Å². The molecular formula is C20H21ClN4O3. The average Bonchev–Trinajstić information content (AvgIpc) is 2.65. The van der Waals surface area contributed by atoms with E-state index in [-0.39, 0.29) is 24.4 Å². The third-order valence-electron chi connectivity index (χ3n) is 3.90. The number of amidine groups is 1. The summed E-state index contributed by atoms with van der Waals surface area (Å²) in [5.41, 5.74) is 4.97. The maximum atomic E-state index is 12.6. The van der Waals surface area contributed by atoms with Gasteiger partial charge in [-0.3, -0.25) is 20.0 Å². The lowest BCUT2D eigenvalue weighted by atomic mass is 10.2. The van der Waals surface area contributed by atoms with E-state index >= 15 is 0 Å². The second-order valence-electron chi connectivity index (χ2n) is 6.61. The van der Waals surface area contributed by atoms with Crippen LogP contribution in [0.2, 0.25) is 5.02 Å². The van der Waals surface area contributed by atoms with Gasteiger partial charge in [-0.05, 0) is 51.1 Å². The number of aliphatic imine (C=N–C) groups is 1. The van der Waals surface area contributed by atoms with Crippen molar-refractivity contribution in [2.45, 2.75) is 26.9 Å². The highest BCUT2D eigenvalue weighted by molar-refractivity contribution is 6.43. The molecule has 7 nitrogen and oxygen atoms in total. The number of benzene rings is 2. The lowest BCUT2D eigenvalue weighted by Crippen LogP contribution is -2.54. The van der Waals surface area contributed by atoms with Crippen molar-refractivity contribution in [3.8, 4) is 5.75 Å². The summed E-state index contributed by atoms with van der Waals surface area (Å²) in [6.45, 7) is 5.64. The second kappa shape index (κ2) is 8.31. The van der Waals surface area contributed by atoms with Crippen molar-refractivity contribution in [3.05, 3.63) is 53.1 Å². The van der Waals surface area contributed by atoms with E-state index in [1.807, 2.05) is 32.9 Å². The number of hydrogen-bond donors (Lipinski definition) is 2. The minimum absolute atomic E-state index is 0.0102. The number of nitrogens with zero attached hydrogens (tertiary/aromatic N) is 2. The number of aryl methyl sites for hydroxylation is 1. The molecule has 1 aliphatic heterocycles. The van der Waals surface area contributed by atoms with Gasteiger partial charge in [-0.1, -0.05) is 29.3 Å². The Hall–Kier alpha value is -3.06. The van der Waals surface area contributed by atoms with Crippen molar-refractivity contribution in [2.75, 3.05) is 16.9 Å². The molecule has 0 spiro atoms. The molecule has 0 atom stereocenters. The van der Waals surface area contributed by atoms with Gasteiger partial charge in [-0.2, -0.15) is 0 Å². The molecule has 0 radical (unpaired) electrons. The van der Waals surface area contributed by atoms with Crippen molar-refractivity contribution in [3.63, 3.8) is 0 Å². The molecule has 0 unspecified atom stereocenters. The average molecular weight is 401 g/mol. The number of ether oxygens (including phenoxy) is 1. The van der Waals surface area contributed by atoms with Gasteiger partial charge in [-0.25, -0.2) is 5.01 Å². The zero-order valence-electron chi connectivity index (χ0n) is 15.8. The summed E-state index contributed by atoms with van der Waals surface area (Å²) in [4.78, 5) is 28.8. The van der Waals surface area contributed by atoms with Crippen LogP contribution in [0.15, 0.2) is 47.5 Å². The molecule has 1 heterocycles. The molecule has 0 bridgehead atoms. The summed E-state index contributed by atoms with van der Waals surface area (Å²) in [6, 6.07) is 12.4. The van der Waals surface area contributed by atoms with Crippen molar-refractivity contribution < 1.29 is 14.3 Å². The van der Waals surface area contributed by atoms with E-state index in [9.17, 15) is 9.59 Å². The van der Waals surface area contributed by atoms with Crippen LogP contribution in [-0.4, -0.2) is 30.3 Å². The van der Waals surface area contributed by atoms with Crippen LogP contribution in [0.5, 0.6) is 5.75 Å². The first-order valence-electron chi connectivity index (χ1n) is 8.82. The summed E-state index contributed by atoms with van der Waals surface area (Å²) in [5, 5.41) is 4.42. The van der Waals surface area contributed by atoms with E-state index in [1.54, 1.807) is 30.3 Å². The topological polar surface area (TPSA) is 83.0 Å². The third kappa shape index (κ3) is 4.61. The van der Waals surface area contributed by atoms with E-state index in [2.05, 4.69) is 15.7 Å². The number of amides is 2. The summed E-state index contributed by atoms with van der Waals surface area (Å²) in [5.74, 6) is -0.144. The Morgan fingerprint density at radius 2 is 1.96 bits per heavy atom. The van der Waals surface area contributed by atoms with Crippen molar-refractivity contribution in [2.24, 2.45) is 4.99 Å². The van der Waals surface area contributed by atoms with Crippen LogP contribution < -0.4 is 20.5 Å². The highest BCUT2D eigenvalue weighted by Gasteiger charge is 2.25. The largest absolute Gasteiger partial charge is 0.489 e. The number of hydrazine groups is 1. The molecular weight excluding hydrogens is 380 g/mol. The van der Waals surface area contributed by atoms with Crippen molar-refractivity contribution in [1.29, 1.82) is 0 Å². The minimum atomic E-state index is -0.474. The Bertz CT molecular complexity index is 926. The number of anilines is 2. The second-order valence-corrected chi connectivity index (χ2v) is 7.01. The zero-order chi connectivity index (χ0) is 20.3. The zero-order valence-corrected chi connectivity index (χ0v) is 16.6. The maximum Gasteiger partial charge on any atom is 0.292 e. The summed E-state index contributed by atoms with van der Waals surface area (Å²) in [7, 11) is 0. The number of carbonyl (C=O) groups excluding carboxylic acids is 2. The first-order chi connectivity index (χ1) is 13.3. The molecule has 2 aromatic carbocycles. The standard InChI is InChI=1S/C20H21ClN4O3/c1-12(2)28-17-9-6-14(10-16(17)21)23-20(27)19-22-11-18(26)25(24-19)15-7-4-13(3)5-8-15/h4-10,12H,11H2,1-3H3,(H,22,24)(H,23,27). The number of halogens is 1. The highest BCUT2D eigenvalue weighted by atomic mass is 35.5. The van der Waals surface area contributed by atoms with Crippen LogP contribution in [-0.2, 0) is 9.59 Å². The Labute approximate surface area is 168 Å². The van der Waals surface area contributed by atoms with Gasteiger partial charge in [0, 0.05) is 5.69 Å². The van der Waals surface area contributed by atoms with E-state index in [1.165, 1.54) is 5.01 Å². The van der Waals surface area contributed by atoms with E-state index in [0.29, 0.717) is 22.1 Å². The van der Waals surface area contributed by atoms with Gasteiger partial charge in [0.2, 0.25) is 5.84 Å². The molecule has 0 aliphatic carbocycles. The van der Waals surface area contributed by atoms with Crippen LogP contribution in [0, 0.1) is 6.92 Å². The summed E-state index contributed by atoms with van der Waals surface area (Å²) in [6.07, 6.45) is -0.0102. The Morgan fingerprint density at radius 3 is 2.61 bits per heavy atom. The fraction of sp³-hybridized carbons (Fsp3) is 0.250. The first-order valence-corrected chi connectivity index (χ1v) is 9.19. The molecule has 146 valence electrons. The number of carbonyl (C=O) groups is 2. The minimum Gasteiger partial charge on any atom is -0.489 e. The molecule has 0 aromatic heterocycles. The van der Waals surface area contributed by atoms with Gasteiger partial charge in [0.05, 0.1) is 16.8 Å². The summed E-state index contributed by atoms with van der Waals surface area (Å²) >= 11 is 6.20. The number of nitrogens with one attached hydrogen (secondary N) is 2. The molecule has 0 fully saturated rings. The lowest BCUT2D eigenvalue weighted by molar-refractivity contribution is -0.118. The van der Waals surface area contributed by atoms with Crippen LogP contribution in [0.25, 0.3) is 0 Å². The van der Waals surface area contributed by atoms with Crippen LogP contribution in [0.4, 0.5) is 11.4 Å². The summed E-state index contributed by atoms with van der Waals surface area (Å²) < 4.78 is 5.58. The maximum absolute atomic E-state index is 12.6. The van der Waals surface area contributed by atoms with Gasteiger partial charge < -0.3 is 10.1 Å². The third-order valence-corrected chi connectivity index (χ3v) is 4.19. The van der Waals surface area contributed by atoms with E-state index in [0.717, 1.165) is 5.56 Å². The molecule has 0 saturated heterocycles. The van der Waals surface area contributed by atoms with Gasteiger partial charge in [-0.15, -0.1) is 0 Å². The quantitative estimate of drug-likeness (QED) is 0.806. The van der Waals surface area contributed by atoms with Crippen molar-refractivity contribution in [1.82, 2.24) is 5.43 Å². The fourth-order valence-corrected chi connectivity index (χ4v) is 2.79. The van der Waals surface area contributed by atoms with Gasteiger partial charge >= 0.3 is 0 Å². The number of hydrogen-bond acceptors (Lipinski definition) is 5.